The number of benzene rings is 1. The summed E-state index contributed by atoms with van der Waals surface area (Å²) in [6.07, 6.45) is 4.31. The Balaban J connectivity index is 1.89. The first-order chi connectivity index (χ1) is 12.0. The van der Waals surface area contributed by atoms with Crippen LogP contribution in [0.2, 0.25) is 0 Å². The van der Waals surface area contributed by atoms with Crippen molar-refractivity contribution in [1.29, 1.82) is 0 Å². The van der Waals surface area contributed by atoms with Gasteiger partial charge in [0.25, 0.3) is 0 Å². The second-order valence-corrected chi connectivity index (χ2v) is 7.85. The maximum Gasteiger partial charge on any atom is 0.223 e. The topological polar surface area (TPSA) is 67.2 Å². The predicted molar refractivity (Wildman–Crippen MR) is 106 cm³/mol. The van der Waals surface area contributed by atoms with Crippen LogP contribution in [-0.4, -0.2) is 25.5 Å². The Kier molecular flexibility index (Phi) is 7.76. The van der Waals surface area contributed by atoms with E-state index >= 15 is 0 Å². The van der Waals surface area contributed by atoms with E-state index in [-0.39, 0.29) is 11.8 Å². The fourth-order valence-corrected chi connectivity index (χ4v) is 4.07. The molecule has 1 aliphatic rings. The molecule has 0 spiro atoms. The minimum absolute atomic E-state index is 0.175. The van der Waals surface area contributed by atoms with Gasteiger partial charge in [0.1, 0.15) is 0 Å². The van der Waals surface area contributed by atoms with E-state index in [4.69, 9.17) is 5.73 Å². The Labute approximate surface area is 153 Å². The molecule has 0 saturated heterocycles. The third kappa shape index (κ3) is 5.74. The summed E-state index contributed by atoms with van der Waals surface area (Å²) in [5, 5.41) is 6.55. The number of carbonyl (C=O) groups excluding carboxylic acids is 1. The molecular formula is C21H35N3O. The normalized spacial score (nSPS) is 23.5. The summed E-state index contributed by atoms with van der Waals surface area (Å²) in [7, 11) is 0. The second kappa shape index (κ2) is 9.81. The molecule has 0 aliphatic heterocycles. The fraction of sp³-hybridized carbons (Fsp3) is 0.667. The van der Waals surface area contributed by atoms with Crippen molar-refractivity contribution in [1.82, 2.24) is 5.32 Å². The number of hydrogen-bond acceptors (Lipinski definition) is 3. The summed E-state index contributed by atoms with van der Waals surface area (Å²) < 4.78 is 0. The molecule has 4 nitrogen and oxygen atoms in total. The highest BCUT2D eigenvalue weighted by Gasteiger charge is 2.35. The van der Waals surface area contributed by atoms with Gasteiger partial charge in [0.2, 0.25) is 5.91 Å². The second-order valence-electron chi connectivity index (χ2n) is 7.85. The molecule has 0 radical (unpaired) electrons. The zero-order valence-corrected chi connectivity index (χ0v) is 16.1. The number of nitrogens with one attached hydrogen (secondary N) is 2. The quantitative estimate of drug-likeness (QED) is 0.676. The van der Waals surface area contributed by atoms with Gasteiger partial charge in [-0.05, 0) is 48.6 Å². The Bertz CT molecular complexity index is 544. The lowest BCUT2D eigenvalue weighted by atomic mass is 9.70. The van der Waals surface area contributed by atoms with Crippen molar-refractivity contribution < 1.29 is 4.79 Å². The van der Waals surface area contributed by atoms with Crippen LogP contribution in [0.25, 0.3) is 0 Å². The van der Waals surface area contributed by atoms with Crippen LogP contribution in [-0.2, 0) is 11.2 Å². The van der Waals surface area contributed by atoms with E-state index in [0.29, 0.717) is 30.8 Å². The van der Waals surface area contributed by atoms with Crippen LogP contribution in [0.15, 0.2) is 24.3 Å². The van der Waals surface area contributed by atoms with Gasteiger partial charge in [0.05, 0.1) is 0 Å². The van der Waals surface area contributed by atoms with Gasteiger partial charge in [-0.1, -0.05) is 45.4 Å². The van der Waals surface area contributed by atoms with E-state index in [1.54, 1.807) is 0 Å². The molecule has 4 N–H and O–H groups in total. The summed E-state index contributed by atoms with van der Waals surface area (Å²) in [6, 6.07) is 8.26. The Morgan fingerprint density at radius 2 is 2.00 bits per heavy atom. The Morgan fingerprint density at radius 1 is 1.24 bits per heavy atom. The van der Waals surface area contributed by atoms with E-state index in [0.717, 1.165) is 25.1 Å². The molecule has 1 aromatic carbocycles. The average molecular weight is 346 g/mol. The molecule has 140 valence electrons. The van der Waals surface area contributed by atoms with E-state index in [9.17, 15) is 4.79 Å². The summed E-state index contributed by atoms with van der Waals surface area (Å²) >= 11 is 0. The van der Waals surface area contributed by atoms with Gasteiger partial charge in [0.15, 0.2) is 0 Å². The molecular weight excluding hydrogens is 310 g/mol. The van der Waals surface area contributed by atoms with Gasteiger partial charge < -0.3 is 16.4 Å². The third-order valence-corrected chi connectivity index (χ3v) is 5.53. The number of hydrogen-bond donors (Lipinski definition) is 3. The summed E-state index contributed by atoms with van der Waals surface area (Å²) in [6.45, 7) is 8.84. The lowest BCUT2D eigenvalue weighted by Crippen LogP contribution is -2.40. The maximum absolute atomic E-state index is 12.8. The first-order valence-corrected chi connectivity index (χ1v) is 9.82. The fourth-order valence-electron chi connectivity index (χ4n) is 4.07. The lowest BCUT2D eigenvalue weighted by molar-refractivity contribution is -0.129. The standard InChI is InChI=1S/C21H35N3O/c1-15(2)18-9-8-16(3)14-19(18)21(25)24-12-10-17-6-4-5-7-20(17)23-13-11-22/h4-7,15-16,18-19,23H,8-14,22H2,1-3H3,(H,24,25)/t16-,18+,19?/m1/s1. The number of anilines is 1. The van der Waals surface area contributed by atoms with E-state index in [1.807, 2.05) is 12.1 Å². The van der Waals surface area contributed by atoms with E-state index < -0.39 is 0 Å². The highest BCUT2D eigenvalue weighted by molar-refractivity contribution is 5.79. The summed E-state index contributed by atoms with van der Waals surface area (Å²) in [5.74, 6) is 2.18. The van der Waals surface area contributed by atoms with Gasteiger partial charge in [-0.3, -0.25) is 4.79 Å². The highest BCUT2D eigenvalue weighted by atomic mass is 16.1. The molecule has 2 rings (SSSR count). The van der Waals surface area contributed by atoms with Crippen LogP contribution in [0.4, 0.5) is 5.69 Å². The van der Waals surface area contributed by atoms with Crippen LogP contribution in [0.3, 0.4) is 0 Å². The molecule has 1 fully saturated rings. The van der Waals surface area contributed by atoms with Crippen LogP contribution in [0.1, 0.15) is 45.6 Å². The number of para-hydroxylation sites is 1. The van der Waals surface area contributed by atoms with Crippen LogP contribution in [0, 0.1) is 23.7 Å². The maximum atomic E-state index is 12.8. The van der Waals surface area contributed by atoms with Crippen molar-refractivity contribution in [3.8, 4) is 0 Å². The van der Waals surface area contributed by atoms with Crippen molar-refractivity contribution in [2.24, 2.45) is 29.4 Å². The average Bonchev–Trinajstić information content (AvgIpc) is 2.60. The SMILES string of the molecule is CC(C)[C@@H]1CC[C@@H](C)CC1C(=O)NCCc1ccccc1NCCN. The number of carbonyl (C=O) groups is 1. The number of nitrogens with two attached hydrogens (primary N) is 1. The molecule has 1 aliphatic carbocycles. The van der Waals surface area contributed by atoms with Crippen molar-refractivity contribution >= 4 is 11.6 Å². The van der Waals surface area contributed by atoms with Gasteiger partial charge in [-0.2, -0.15) is 0 Å². The van der Waals surface area contributed by atoms with E-state index in [1.165, 1.54) is 18.4 Å². The Hall–Kier alpha value is -1.55. The zero-order valence-electron chi connectivity index (χ0n) is 16.1. The van der Waals surface area contributed by atoms with Gasteiger partial charge in [-0.15, -0.1) is 0 Å². The van der Waals surface area contributed by atoms with Crippen molar-refractivity contribution in [3.63, 3.8) is 0 Å². The smallest absolute Gasteiger partial charge is 0.223 e. The van der Waals surface area contributed by atoms with Crippen LogP contribution in [0.5, 0.6) is 0 Å². The van der Waals surface area contributed by atoms with E-state index in [2.05, 4.69) is 43.5 Å². The van der Waals surface area contributed by atoms with Crippen molar-refractivity contribution in [3.05, 3.63) is 29.8 Å². The first-order valence-electron chi connectivity index (χ1n) is 9.82. The third-order valence-electron chi connectivity index (χ3n) is 5.53. The Morgan fingerprint density at radius 3 is 2.72 bits per heavy atom. The molecule has 1 unspecified atom stereocenters. The van der Waals surface area contributed by atoms with Crippen molar-refractivity contribution in [2.75, 3.05) is 25.0 Å². The van der Waals surface area contributed by atoms with Crippen LogP contribution >= 0.6 is 0 Å². The molecule has 4 heteroatoms. The molecule has 1 saturated carbocycles. The molecule has 25 heavy (non-hydrogen) atoms. The summed E-state index contributed by atoms with van der Waals surface area (Å²) in [4.78, 5) is 12.8. The molecule has 0 bridgehead atoms. The van der Waals surface area contributed by atoms with Crippen molar-refractivity contribution in [2.45, 2.75) is 46.5 Å². The predicted octanol–water partition coefficient (Wildman–Crippen LogP) is 3.42. The number of rotatable bonds is 8. The summed E-state index contributed by atoms with van der Waals surface area (Å²) in [5.41, 5.74) is 7.93. The zero-order chi connectivity index (χ0) is 18.2. The minimum Gasteiger partial charge on any atom is -0.384 e. The molecule has 0 heterocycles. The van der Waals surface area contributed by atoms with Gasteiger partial charge >= 0.3 is 0 Å². The molecule has 0 aromatic heterocycles. The first kappa shape index (κ1) is 19.8. The minimum atomic E-state index is 0.175. The monoisotopic (exact) mass is 345 g/mol. The van der Waals surface area contributed by atoms with Gasteiger partial charge in [-0.25, -0.2) is 0 Å². The highest BCUT2D eigenvalue weighted by Crippen LogP contribution is 2.38. The molecule has 1 amide bonds. The molecule has 3 atom stereocenters. The van der Waals surface area contributed by atoms with Crippen LogP contribution < -0.4 is 16.4 Å². The number of amides is 1. The molecule has 1 aromatic rings. The largest absolute Gasteiger partial charge is 0.384 e. The lowest BCUT2D eigenvalue weighted by Gasteiger charge is -2.36. The van der Waals surface area contributed by atoms with Gasteiger partial charge in [0, 0.05) is 31.2 Å².